The lowest BCUT2D eigenvalue weighted by molar-refractivity contribution is 0.277. The van der Waals surface area contributed by atoms with Crippen molar-refractivity contribution in [2.75, 3.05) is 13.1 Å². The molecular formula is C17H25N3. The number of hydrogen-bond donors (Lipinski definition) is 1. The van der Waals surface area contributed by atoms with E-state index in [1.165, 1.54) is 42.3 Å². The zero-order valence-corrected chi connectivity index (χ0v) is 12.7. The van der Waals surface area contributed by atoms with Crippen LogP contribution in [-0.2, 0) is 13.5 Å². The standard InChI is InChI=1S/C17H25N3/c1-3-18-13-17(10-6-7-11-17)12-15-14-8-4-5-9-16(14)20(2)19-15/h4-5,8-9,18H,3,6-7,10-13H2,1-2H3. The van der Waals surface area contributed by atoms with Gasteiger partial charge in [-0.05, 0) is 37.3 Å². The van der Waals surface area contributed by atoms with Crippen molar-refractivity contribution in [3.05, 3.63) is 30.0 Å². The smallest absolute Gasteiger partial charge is 0.0709 e. The van der Waals surface area contributed by atoms with Gasteiger partial charge >= 0.3 is 0 Å². The Balaban J connectivity index is 1.90. The van der Waals surface area contributed by atoms with Crippen LogP contribution in [0.4, 0.5) is 0 Å². The van der Waals surface area contributed by atoms with Gasteiger partial charge in [0.15, 0.2) is 0 Å². The number of para-hydroxylation sites is 1. The zero-order chi connectivity index (χ0) is 14.0. The molecular weight excluding hydrogens is 246 g/mol. The first-order chi connectivity index (χ1) is 9.74. The predicted octanol–water partition coefficient (Wildman–Crippen LogP) is 3.29. The molecule has 1 fully saturated rings. The molecule has 1 aromatic heterocycles. The van der Waals surface area contributed by atoms with Crippen molar-refractivity contribution >= 4 is 10.9 Å². The molecule has 0 aliphatic heterocycles. The van der Waals surface area contributed by atoms with Crippen LogP contribution in [0.5, 0.6) is 0 Å². The van der Waals surface area contributed by atoms with E-state index in [2.05, 4.69) is 43.6 Å². The summed E-state index contributed by atoms with van der Waals surface area (Å²) in [7, 11) is 2.05. The third-order valence-electron chi connectivity index (χ3n) is 4.79. The topological polar surface area (TPSA) is 29.9 Å². The molecule has 1 heterocycles. The summed E-state index contributed by atoms with van der Waals surface area (Å²) in [5, 5.41) is 9.70. The zero-order valence-electron chi connectivity index (χ0n) is 12.7. The maximum absolute atomic E-state index is 4.80. The fourth-order valence-corrected chi connectivity index (χ4v) is 3.71. The molecule has 0 radical (unpaired) electrons. The molecule has 108 valence electrons. The number of nitrogens with one attached hydrogen (secondary N) is 1. The Kier molecular flexibility index (Phi) is 3.79. The predicted molar refractivity (Wildman–Crippen MR) is 83.9 cm³/mol. The van der Waals surface area contributed by atoms with Crippen LogP contribution in [0.25, 0.3) is 10.9 Å². The lowest BCUT2D eigenvalue weighted by atomic mass is 9.81. The molecule has 1 aliphatic rings. The van der Waals surface area contributed by atoms with Crippen LogP contribution < -0.4 is 5.32 Å². The van der Waals surface area contributed by atoms with Gasteiger partial charge in [0.05, 0.1) is 11.2 Å². The van der Waals surface area contributed by atoms with E-state index < -0.39 is 0 Å². The highest BCUT2D eigenvalue weighted by Gasteiger charge is 2.34. The van der Waals surface area contributed by atoms with Crippen molar-refractivity contribution in [1.29, 1.82) is 0 Å². The summed E-state index contributed by atoms with van der Waals surface area (Å²) in [5.41, 5.74) is 2.95. The molecule has 1 N–H and O–H groups in total. The first kappa shape index (κ1) is 13.6. The first-order valence-electron chi connectivity index (χ1n) is 7.85. The maximum Gasteiger partial charge on any atom is 0.0709 e. The van der Waals surface area contributed by atoms with Gasteiger partial charge in [-0.2, -0.15) is 5.10 Å². The molecule has 1 aliphatic carbocycles. The summed E-state index contributed by atoms with van der Waals surface area (Å²) in [6, 6.07) is 8.60. The molecule has 0 unspecified atom stereocenters. The molecule has 0 bridgehead atoms. The van der Waals surface area contributed by atoms with Crippen molar-refractivity contribution in [2.45, 2.75) is 39.0 Å². The molecule has 1 aromatic carbocycles. The van der Waals surface area contributed by atoms with Gasteiger partial charge in [0.25, 0.3) is 0 Å². The van der Waals surface area contributed by atoms with E-state index in [1.807, 2.05) is 4.68 Å². The minimum atomic E-state index is 0.424. The SMILES string of the molecule is CCNCC1(Cc2nn(C)c3ccccc23)CCCC1. The average molecular weight is 271 g/mol. The van der Waals surface area contributed by atoms with Crippen molar-refractivity contribution in [2.24, 2.45) is 12.5 Å². The van der Waals surface area contributed by atoms with Gasteiger partial charge in [0, 0.05) is 19.0 Å². The van der Waals surface area contributed by atoms with Crippen LogP contribution in [0.15, 0.2) is 24.3 Å². The number of aromatic nitrogens is 2. The lowest BCUT2D eigenvalue weighted by Gasteiger charge is -2.28. The third kappa shape index (κ3) is 2.47. The Hall–Kier alpha value is -1.35. The number of benzene rings is 1. The van der Waals surface area contributed by atoms with E-state index >= 15 is 0 Å². The Morgan fingerprint density at radius 3 is 2.75 bits per heavy atom. The van der Waals surface area contributed by atoms with E-state index in [-0.39, 0.29) is 0 Å². The van der Waals surface area contributed by atoms with Crippen molar-refractivity contribution in [3.63, 3.8) is 0 Å². The van der Waals surface area contributed by atoms with Crippen LogP contribution in [0.3, 0.4) is 0 Å². The summed E-state index contributed by atoms with van der Waals surface area (Å²) in [6.07, 6.45) is 6.53. The quantitative estimate of drug-likeness (QED) is 0.904. The summed E-state index contributed by atoms with van der Waals surface area (Å²) in [5.74, 6) is 0. The van der Waals surface area contributed by atoms with Gasteiger partial charge in [0.2, 0.25) is 0 Å². The van der Waals surface area contributed by atoms with Crippen molar-refractivity contribution in [1.82, 2.24) is 15.1 Å². The Morgan fingerprint density at radius 2 is 2.00 bits per heavy atom. The second kappa shape index (κ2) is 5.57. The molecule has 2 aromatic rings. The molecule has 3 nitrogen and oxygen atoms in total. The molecule has 1 saturated carbocycles. The summed E-state index contributed by atoms with van der Waals surface area (Å²) in [4.78, 5) is 0. The Morgan fingerprint density at radius 1 is 1.25 bits per heavy atom. The highest BCUT2D eigenvalue weighted by atomic mass is 15.3. The summed E-state index contributed by atoms with van der Waals surface area (Å²) in [6.45, 7) is 4.39. The van der Waals surface area contributed by atoms with Gasteiger partial charge in [0.1, 0.15) is 0 Å². The van der Waals surface area contributed by atoms with Crippen LogP contribution in [-0.4, -0.2) is 22.9 Å². The average Bonchev–Trinajstić information content (AvgIpc) is 3.04. The van der Waals surface area contributed by atoms with Gasteiger partial charge < -0.3 is 5.32 Å². The highest BCUT2D eigenvalue weighted by Crippen LogP contribution is 2.41. The van der Waals surface area contributed by atoms with Crippen molar-refractivity contribution < 1.29 is 0 Å². The Labute approximate surface area is 121 Å². The number of nitrogens with zero attached hydrogens (tertiary/aromatic N) is 2. The van der Waals surface area contributed by atoms with Gasteiger partial charge in [-0.3, -0.25) is 4.68 Å². The number of rotatable bonds is 5. The largest absolute Gasteiger partial charge is 0.316 e. The first-order valence-corrected chi connectivity index (χ1v) is 7.85. The molecule has 3 heteroatoms. The molecule has 0 atom stereocenters. The molecule has 0 spiro atoms. The van der Waals surface area contributed by atoms with Crippen LogP contribution in [0.1, 0.15) is 38.3 Å². The van der Waals surface area contributed by atoms with Crippen LogP contribution >= 0.6 is 0 Å². The van der Waals surface area contributed by atoms with Crippen LogP contribution in [0.2, 0.25) is 0 Å². The number of aryl methyl sites for hydroxylation is 1. The normalized spacial score (nSPS) is 17.9. The van der Waals surface area contributed by atoms with Crippen molar-refractivity contribution in [3.8, 4) is 0 Å². The maximum atomic E-state index is 4.80. The van der Waals surface area contributed by atoms with E-state index in [9.17, 15) is 0 Å². The lowest BCUT2D eigenvalue weighted by Crippen LogP contribution is -2.34. The van der Waals surface area contributed by atoms with E-state index in [1.54, 1.807) is 0 Å². The van der Waals surface area contributed by atoms with Gasteiger partial charge in [-0.15, -0.1) is 0 Å². The highest BCUT2D eigenvalue weighted by molar-refractivity contribution is 5.81. The molecule has 3 rings (SSSR count). The molecule has 20 heavy (non-hydrogen) atoms. The monoisotopic (exact) mass is 271 g/mol. The van der Waals surface area contributed by atoms with E-state index in [0.29, 0.717) is 5.41 Å². The second-order valence-electron chi connectivity index (χ2n) is 6.25. The fraction of sp³-hybridized carbons (Fsp3) is 0.588. The second-order valence-corrected chi connectivity index (χ2v) is 6.25. The van der Waals surface area contributed by atoms with Crippen LogP contribution in [0, 0.1) is 5.41 Å². The van der Waals surface area contributed by atoms with Gasteiger partial charge in [-0.25, -0.2) is 0 Å². The summed E-state index contributed by atoms with van der Waals surface area (Å²) >= 11 is 0. The van der Waals surface area contributed by atoms with Gasteiger partial charge in [-0.1, -0.05) is 38.0 Å². The molecule has 0 amide bonds. The van der Waals surface area contributed by atoms with E-state index in [0.717, 1.165) is 19.5 Å². The third-order valence-corrected chi connectivity index (χ3v) is 4.79. The Bertz CT molecular complexity index is 579. The minimum absolute atomic E-state index is 0.424. The summed E-state index contributed by atoms with van der Waals surface area (Å²) < 4.78 is 2.03. The van der Waals surface area contributed by atoms with E-state index in [4.69, 9.17) is 5.10 Å². The molecule has 0 saturated heterocycles. The number of fused-ring (bicyclic) bond motifs is 1. The fourth-order valence-electron chi connectivity index (χ4n) is 3.71. The minimum Gasteiger partial charge on any atom is -0.316 e. The number of hydrogen-bond acceptors (Lipinski definition) is 2.